The molecule has 2 amide bonds. The second-order valence-corrected chi connectivity index (χ2v) is 18.7. The molecule has 0 aromatic carbocycles. The van der Waals surface area contributed by atoms with E-state index in [-0.39, 0.29) is 30.0 Å². The van der Waals surface area contributed by atoms with Gasteiger partial charge in [-0.25, -0.2) is 0 Å². The summed E-state index contributed by atoms with van der Waals surface area (Å²) in [6.45, 7) is 15.3. The number of rotatable bonds is 4. The molecule has 0 bridgehead atoms. The summed E-state index contributed by atoms with van der Waals surface area (Å²) < 4.78 is 7.11. The standard InChI is InChI=1S/C40H66N4O3/c1-26-10-17-40(41-25-26)27(2)37-34(47-40)23-33-31-9-8-28-22-29(11-15-38(28,3)32(31)12-16-39(33,37)4)42-35(45)24-36(46)44-20-13-30(14-21-44)43-18-6-5-7-19-43/h26-34,37,41H,5-25H2,1-4H3,(H,42,45)/t26-,27+,28+,29?,31-,32+,33+,34+,37+,38+,39+,40-/m1/s1. The average molecular weight is 651 g/mol. The SMILES string of the molecule is C[C@@H]1CC[C@@]2(NC1)O[C@H]1C[C@H]3[C@@H]4CC[C@H]5CC(NC(=O)CC(=O)N6CCC(N7CCCCC7)CC6)CC[C@]5(C)[C@H]4CC[C@]3(C)[C@H]1[C@@H]2C. The van der Waals surface area contributed by atoms with E-state index in [1.165, 1.54) is 83.7 Å². The minimum atomic E-state index is -0.0760. The molecule has 8 fully saturated rings. The summed E-state index contributed by atoms with van der Waals surface area (Å²) in [5.41, 5.74) is 0.711. The summed E-state index contributed by atoms with van der Waals surface area (Å²) in [6, 6.07) is 0.850. The van der Waals surface area contributed by atoms with Gasteiger partial charge in [0.05, 0.1) is 6.10 Å². The van der Waals surface area contributed by atoms with E-state index in [9.17, 15) is 9.59 Å². The lowest BCUT2D eigenvalue weighted by molar-refractivity contribution is -0.139. The van der Waals surface area contributed by atoms with Crippen LogP contribution in [0.1, 0.15) is 130 Å². The normalized spacial score (nSPS) is 48.8. The molecular formula is C40H66N4O3. The first-order chi connectivity index (χ1) is 22.6. The third-order valence-corrected chi connectivity index (χ3v) is 16.5. The first-order valence-electron chi connectivity index (χ1n) is 20.3. The summed E-state index contributed by atoms with van der Waals surface area (Å²) >= 11 is 0. The minimum absolute atomic E-state index is 0.0242. The monoisotopic (exact) mass is 651 g/mol. The van der Waals surface area contributed by atoms with Crippen LogP contribution in [0.5, 0.6) is 0 Å². The molecule has 2 N–H and O–H groups in total. The van der Waals surface area contributed by atoms with Crippen LogP contribution in [0.15, 0.2) is 0 Å². The van der Waals surface area contributed by atoms with E-state index >= 15 is 0 Å². The van der Waals surface area contributed by atoms with E-state index in [1.807, 2.05) is 4.90 Å². The molecule has 4 heterocycles. The Balaban J connectivity index is 0.841. The molecule has 47 heavy (non-hydrogen) atoms. The van der Waals surface area contributed by atoms with Crippen molar-refractivity contribution < 1.29 is 14.3 Å². The number of nitrogens with zero attached hydrogens (tertiary/aromatic N) is 2. The number of carbonyl (C=O) groups excluding carboxylic acids is 2. The van der Waals surface area contributed by atoms with Gasteiger partial charge in [-0.3, -0.25) is 14.9 Å². The molecular weight excluding hydrogens is 584 g/mol. The third-order valence-electron chi connectivity index (χ3n) is 16.5. The highest BCUT2D eigenvalue weighted by Crippen LogP contribution is 2.71. The van der Waals surface area contributed by atoms with Gasteiger partial charge in [-0.2, -0.15) is 0 Å². The smallest absolute Gasteiger partial charge is 0.232 e. The van der Waals surface area contributed by atoms with E-state index in [0.29, 0.717) is 40.7 Å². The van der Waals surface area contributed by atoms with Crippen molar-refractivity contribution in [3.63, 3.8) is 0 Å². The molecule has 4 saturated carbocycles. The molecule has 4 aliphatic carbocycles. The third kappa shape index (κ3) is 5.63. The Hall–Kier alpha value is -1.18. The number of carbonyl (C=O) groups is 2. The number of hydrogen-bond acceptors (Lipinski definition) is 5. The number of ether oxygens (including phenoxy) is 1. The van der Waals surface area contributed by atoms with Gasteiger partial charge in [0.25, 0.3) is 0 Å². The zero-order valence-electron chi connectivity index (χ0n) is 30.2. The summed E-state index contributed by atoms with van der Waals surface area (Å²) in [5.74, 6) is 5.14. The highest BCUT2D eigenvalue weighted by atomic mass is 16.5. The van der Waals surface area contributed by atoms with Crippen LogP contribution in [0, 0.1) is 52.3 Å². The second-order valence-electron chi connectivity index (χ2n) is 18.7. The average Bonchev–Trinajstić information content (AvgIpc) is 3.52. The molecule has 4 aliphatic heterocycles. The van der Waals surface area contributed by atoms with Gasteiger partial charge in [0.2, 0.25) is 11.8 Å². The number of piperidine rings is 3. The molecule has 0 aromatic rings. The van der Waals surface area contributed by atoms with E-state index in [0.717, 1.165) is 69.0 Å². The Bertz CT molecular complexity index is 1170. The number of hydrogen-bond donors (Lipinski definition) is 2. The van der Waals surface area contributed by atoms with Gasteiger partial charge in [0.1, 0.15) is 12.1 Å². The van der Waals surface area contributed by atoms with E-state index < -0.39 is 0 Å². The quantitative estimate of drug-likeness (QED) is 0.347. The van der Waals surface area contributed by atoms with Crippen LogP contribution in [-0.4, -0.2) is 78.3 Å². The molecule has 8 aliphatic rings. The molecule has 264 valence electrons. The fourth-order valence-corrected chi connectivity index (χ4v) is 13.9. The van der Waals surface area contributed by atoms with Gasteiger partial charge >= 0.3 is 0 Å². The van der Waals surface area contributed by atoms with Crippen molar-refractivity contribution in [2.45, 2.75) is 154 Å². The van der Waals surface area contributed by atoms with Crippen molar-refractivity contribution in [1.29, 1.82) is 0 Å². The van der Waals surface area contributed by atoms with Gasteiger partial charge < -0.3 is 19.9 Å². The highest BCUT2D eigenvalue weighted by molar-refractivity contribution is 5.97. The number of likely N-dealkylation sites (tertiary alicyclic amines) is 2. The predicted molar refractivity (Wildman–Crippen MR) is 185 cm³/mol. The lowest BCUT2D eigenvalue weighted by Crippen LogP contribution is -2.58. The molecule has 1 unspecified atom stereocenters. The van der Waals surface area contributed by atoms with Gasteiger partial charge in [-0.1, -0.05) is 34.1 Å². The molecule has 0 radical (unpaired) electrons. The maximum atomic E-state index is 13.2. The van der Waals surface area contributed by atoms with Crippen LogP contribution in [0.25, 0.3) is 0 Å². The van der Waals surface area contributed by atoms with Crippen molar-refractivity contribution in [2.75, 3.05) is 32.7 Å². The maximum absolute atomic E-state index is 13.2. The van der Waals surface area contributed by atoms with E-state index in [2.05, 4.69) is 43.2 Å². The number of fused-ring (bicyclic) bond motifs is 7. The molecule has 0 aromatic heterocycles. The highest BCUT2D eigenvalue weighted by Gasteiger charge is 2.68. The fraction of sp³-hybridized carbons (Fsp3) is 0.950. The van der Waals surface area contributed by atoms with Crippen LogP contribution in [0.2, 0.25) is 0 Å². The largest absolute Gasteiger partial charge is 0.357 e. The fourth-order valence-electron chi connectivity index (χ4n) is 13.9. The minimum Gasteiger partial charge on any atom is -0.357 e. The Morgan fingerprint density at radius 1 is 0.830 bits per heavy atom. The van der Waals surface area contributed by atoms with E-state index in [1.54, 1.807) is 0 Å². The van der Waals surface area contributed by atoms with Gasteiger partial charge in [-0.05, 0) is 149 Å². The Morgan fingerprint density at radius 2 is 1.60 bits per heavy atom. The lowest BCUT2D eigenvalue weighted by atomic mass is 9.44. The number of amides is 2. The van der Waals surface area contributed by atoms with Crippen molar-refractivity contribution in [3.8, 4) is 0 Å². The van der Waals surface area contributed by atoms with Crippen molar-refractivity contribution in [3.05, 3.63) is 0 Å². The van der Waals surface area contributed by atoms with Crippen molar-refractivity contribution >= 4 is 11.8 Å². The lowest BCUT2D eigenvalue weighted by Gasteiger charge is -2.61. The first kappa shape index (κ1) is 33.0. The van der Waals surface area contributed by atoms with Gasteiger partial charge in [0.15, 0.2) is 0 Å². The van der Waals surface area contributed by atoms with Crippen LogP contribution >= 0.6 is 0 Å². The number of nitrogens with one attached hydrogen (secondary N) is 2. The Morgan fingerprint density at radius 3 is 2.34 bits per heavy atom. The van der Waals surface area contributed by atoms with Gasteiger partial charge in [0, 0.05) is 37.6 Å². The summed E-state index contributed by atoms with van der Waals surface area (Å²) in [7, 11) is 0. The van der Waals surface area contributed by atoms with Gasteiger partial charge in [-0.15, -0.1) is 0 Å². The summed E-state index contributed by atoms with van der Waals surface area (Å²) in [4.78, 5) is 30.9. The molecule has 7 heteroatoms. The van der Waals surface area contributed by atoms with Crippen LogP contribution in [0.3, 0.4) is 0 Å². The summed E-state index contributed by atoms with van der Waals surface area (Å²) in [6.07, 6.45) is 19.1. The van der Waals surface area contributed by atoms with E-state index in [4.69, 9.17) is 4.74 Å². The van der Waals surface area contributed by atoms with Crippen molar-refractivity contribution in [2.24, 2.45) is 52.3 Å². The molecule has 4 saturated heterocycles. The summed E-state index contributed by atoms with van der Waals surface area (Å²) in [5, 5.41) is 7.28. The predicted octanol–water partition coefficient (Wildman–Crippen LogP) is 6.36. The maximum Gasteiger partial charge on any atom is 0.232 e. The second kappa shape index (κ2) is 12.5. The Labute approximate surface area is 285 Å². The topological polar surface area (TPSA) is 73.9 Å². The zero-order chi connectivity index (χ0) is 32.6. The Kier molecular flexibility index (Phi) is 8.81. The molecule has 12 atom stereocenters. The molecule has 7 nitrogen and oxygen atoms in total. The molecule has 1 spiro atoms. The van der Waals surface area contributed by atoms with Crippen LogP contribution in [-0.2, 0) is 14.3 Å². The first-order valence-corrected chi connectivity index (χ1v) is 20.3. The van der Waals surface area contributed by atoms with Crippen LogP contribution < -0.4 is 10.6 Å². The molecule has 8 rings (SSSR count). The zero-order valence-corrected chi connectivity index (χ0v) is 30.2. The van der Waals surface area contributed by atoms with Crippen molar-refractivity contribution in [1.82, 2.24) is 20.4 Å². The van der Waals surface area contributed by atoms with Crippen LogP contribution in [0.4, 0.5) is 0 Å².